The fraction of sp³-hybridized carbons (Fsp3) is 0.0833. The highest BCUT2D eigenvalue weighted by atomic mass is 35.5. The summed E-state index contributed by atoms with van der Waals surface area (Å²) in [5, 5.41) is 7.68. The number of carbonyl (C=O) groups is 1. The van der Waals surface area contributed by atoms with Crippen molar-refractivity contribution in [3.05, 3.63) is 100 Å². The van der Waals surface area contributed by atoms with Gasteiger partial charge in [0.1, 0.15) is 11.6 Å². The van der Waals surface area contributed by atoms with E-state index in [2.05, 4.69) is 10.4 Å². The molecule has 0 aliphatic rings. The van der Waals surface area contributed by atoms with E-state index in [0.29, 0.717) is 28.5 Å². The van der Waals surface area contributed by atoms with E-state index in [9.17, 15) is 22.4 Å². The van der Waals surface area contributed by atoms with Crippen LogP contribution in [-0.4, -0.2) is 15.7 Å². The van der Waals surface area contributed by atoms with E-state index in [1.807, 2.05) is 19.1 Å². The molecule has 33 heavy (non-hydrogen) atoms. The number of rotatable bonds is 4. The Morgan fingerprint density at radius 1 is 0.970 bits per heavy atom. The first-order valence-corrected chi connectivity index (χ1v) is 10.1. The molecule has 0 unspecified atom stereocenters. The minimum atomic E-state index is -4.92. The number of carbonyl (C=O) groups excluding carboxylic acids is 1. The summed E-state index contributed by atoms with van der Waals surface area (Å²) in [7, 11) is 0. The van der Waals surface area contributed by atoms with Crippen LogP contribution in [0.15, 0.2) is 72.8 Å². The van der Waals surface area contributed by atoms with E-state index in [1.165, 1.54) is 4.68 Å². The molecule has 0 fully saturated rings. The van der Waals surface area contributed by atoms with Crippen molar-refractivity contribution in [3.8, 4) is 16.9 Å². The molecule has 168 valence electrons. The molecule has 4 rings (SSSR count). The second kappa shape index (κ2) is 8.71. The van der Waals surface area contributed by atoms with Crippen molar-refractivity contribution >= 4 is 23.3 Å². The van der Waals surface area contributed by atoms with Crippen molar-refractivity contribution in [2.75, 3.05) is 5.32 Å². The predicted molar refractivity (Wildman–Crippen MR) is 118 cm³/mol. The monoisotopic (exact) mass is 473 g/mol. The smallest absolute Gasteiger partial charge is 0.306 e. The standard InChI is InChI=1S/C24H16ClF4N3O/c1-14-2-9-18(10-3-14)32-22(13-21(31-32)15-4-7-17(25)8-5-15)30-23(33)16-6-11-20(26)19(12-16)24(27,28)29/h2-13H,1H3,(H,30,33). The van der Waals surface area contributed by atoms with E-state index in [4.69, 9.17) is 11.6 Å². The Balaban J connectivity index is 1.74. The van der Waals surface area contributed by atoms with Gasteiger partial charge in [0.15, 0.2) is 0 Å². The molecule has 0 atom stereocenters. The van der Waals surface area contributed by atoms with Crippen LogP contribution in [0.4, 0.5) is 23.4 Å². The number of nitrogens with zero attached hydrogens (tertiary/aromatic N) is 2. The van der Waals surface area contributed by atoms with Crippen LogP contribution >= 0.6 is 11.6 Å². The Labute approximate surface area is 191 Å². The van der Waals surface area contributed by atoms with Gasteiger partial charge in [0.2, 0.25) is 0 Å². The highest BCUT2D eigenvalue weighted by Gasteiger charge is 2.34. The third-order valence-electron chi connectivity index (χ3n) is 4.90. The number of alkyl halides is 3. The van der Waals surface area contributed by atoms with Crippen LogP contribution in [0.5, 0.6) is 0 Å². The zero-order valence-electron chi connectivity index (χ0n) is 17.1. The Morgan fingerprint density at radius 2 is 1.64 bits per heavy atom. The maximum absolute atomic E-state index is 13.6. The average Bonchev–Trinajstić information content (AvgIpc) is 3.18. The molecule has 3 aromatic carbocycles. The lowest BCUT2D eigenvalue weighted by Gasteiger charge is -2.11. The van der Waals surface area contributed by atoms with Crippen molar-refractivity contribution in [3.63, 3.8) is 0 Å². The molecule has 0 saturated heterocycles. The quantitative estimate of drug-likeness (QED) is 0.327. The molecule has 1 N–H and O–H groups in total. The number of benzene rings is 3. The van der Waals surface area contributed by atoms with Gasteiger partial charge in [0.25, 0.3) is 5.91 Å². The molecule has 1 aromatic heterocycles. The first-order chi connectivity index (χ1) is 15.6. The SMILES string of the molecule is Cc1ccc(-n2nc(-c3ccc(Cl)cc3)cc2NC(=O)c2ccc(F)c(C(F)(F)F)c2)cc1. The van der Waals surface area contributed by atoms with E-state index in [-0.39, 0.29) is 11.4 Å². The topological polar surface area (TPSA) is 46.9 Å². The van der Waals surface area contributed by atoms with Gasteiger partial charge < -0.3 is 5.32 Å². The van der Waals surface area contributed by atoms with Gasteiger partial charge in [-0.3, -0.25) is 4.79 Å². The number of amides is 1. The third kappa shape index (κ3) is 4.90. The zero-order valence-corrected chi connectivity index (χ0v) is 17.9. The van der Waals surface area contributed by atoms with Gasteiger partial charge in [-0.15, -0.1) is 0 Å². The maximum atomic E-state index is 13.6. The molecule has 0 spiro atoms. The van der Waals surface area contributed by atoms with Crippen LogP contribution < -0.4 is 5.32 Å². The van der Waals surface area contributed by atoms with Gasteiger partial charge in [-0.25, -0.2) is 9.07 Å². The second-order valence-corrected chi connectivity index (χ2v) is 7.75. The summed E-state index contributed by atoms with van der Waals surface area (Å²) in [6, 6.07) is 17.9. The summed E-state index contributed by atoms with van der Waals surface area (Å²) >= 11 is 5.95. The molecule has 0 radical (unpaired) electrons. The predicted octanol–water partition coefficient (Wildman–Crippen LogP) is 6.91. The number of hydrogen-bond acceptors (Lipinski definition) is 2. The Hall–Kier alpha value is -3.65. The molecule has 0 bridgehead atoms. The van der Waals surface area contributed by atoms with Crippen LogP contribution in [0.3, 0.4) is 0 Å². The van der Waals surface area contributed by atoms with Gasteiger partial charge in [-0.2, -0.15) is 18.3 Å². The number of aryl methyl sites for hydroxylation is 1. The minimum absolute atomic E-state index is 0.228. The lowest BCUT2D eigenvalue weighted by atomic mass is 10.1. The highest BCUT2D eigenvalue weighted by Crippen LogP contribution is 2.32. The number of anilines is 1. The molecule has 9 heteroatoms. The summed E-state index contributed by atoms with van der Waals surface area (Å²) in [6.07, 6.45) is -4.92. The van der Waals surface area contributed by atoms with Gasteiger partial charge in [-0.05, 0) is 49.4 Å². The van der Waals surface area contributed by atoms with E-state index >= 15 is 0 Å². The lowest BCUT2D eigenvalue weighted by Crippen LogP contribution is -2.17. The fourth-order valence-corrected chi connectivity index (χ4v) is 3.31. The summed E-state index contributed by atoms with van der Waals surface area (Å²) in [5.74, 6) is -2.06. The van der Waals surface area contributed by atoms with Crippen molar-refractivity contribution in [2.45, 2.75) is 13.1 Å². The van der Waals surface area contributed by atoms with Crippen LogP contribution in [0, 0.1) is 12.7 Å². The normalized spacial score (nSPS) is 11.5. The highest BCUT2D eigenvalue weighted by molar-refractivity contribution is 6.30. The second-order valence-electron chi connectivity index (χ2n) is 7.32. The lowest BCUT2D eigenvalue weighted by molar-refractivity contribution is -0.140. The summed E-state index contributed by atoms with van der Waals surface area (Å²) in [6.45, 7) is 1.92. The van der Waals surface area contributed by atoms with Gasteiger partial charge in [-0.1, -0.05) is 41.4 Å². The summed E-state index contributed by atoms with van der Waals surface area (Å²) in [5.41, 5.74) is 1.03. The molecule has 1 amide bonds. The molecule has 0 saturated carbocycles. The maximum Gasteiger partial charge on any atom is 0.419 e. The molecular weight excluding hydrogens is 458 g/mol. The van der Waals surface area contributed by atoms with Crippen LogP contribution in [0.25, 0.3) is 16.9 Å². The molecular formula is C24H16ClF4N3O. The summed E-state index contributed by atoms with van der Waals surface area (Å²) < 4.78 is 54.3. The Morgan fingerprint density at radius 3 is 2.27 bits per heavy atom. The van der Waals surface area contributed by atoms with Crippen LogP contribution in [0.1, 0.15) is 21.5 Å². The largest absolute Gasteiger partial charge is 0.419 e. The number of halogens is 5. The van der Waals surface area contributed by atoms with Crippen molar-refractivity contribution in [2.24, 2.45) is 0 Å². The Bertz CT molecular complexity index is 1310. The zero-order chi connectivity index (χ0) is 23.8. The fourth-order valence-electron chi connectivity index (χ4n) is 3.19. The average molecular weight is 474 g/mol. The number of hydrogen-bond donors (Lipinski definition) is 1. The molecule has 4 aromatic rings. The van der Waals surface area contributed by atoms with E-state index in [1.54, 1.807) is 42.5 Å². The molecule has 0 aliphatic heterocycles. The van der Waals surface area contributed by atoms with Gasteiger partial charge >= 0.3 is 6.18 Å². The number of aromatic nitrogens is 2. The Kier molecular flexibility index (Phi) is 5.95. The first kappa shape index (κ1) is 22.5. The minimum Gasteiger partial charge on any atom is -0.306 e. The third-order valence-corrected chi connectivity index (χ3v) is 5.16. The van der Waals surface area contributed by atoms with Crippen molar-refractivity contribution in [1.82, 2.24) is 9.78 Å². The van der Waals surface area contributed by atoms with Crippen LogP contribution in [0.2, 0.25) is 5.02 Å². The number of nitrogens with one attached hydrogen (secondary N) is 1. The van der Waals surface area contributed by atoms with Crippen LogP contribution in [-0.2, 0) is 6.18 Å². The van der Waals surface area contributed by atoms with E-state index in [0.717, 1.165) is 17.2 Å². The van der Waals surface area contributed by atoms with Gasteiger partial charge in [0.05, 0.1) is 16.9 Å². The molecule has 4 nitrogen and oxygen atoms in total. The van der Waals surface area contributed by atoms with Crippen molar-refractivity contribution in [1.29, 1.82) is 0 Å². The molecule has 1 heterocycles. The van der Waals surface area contributed by atoms with Gasteiger partial charge in [0, 0.05) is 22.2 Å². The first-order valence-electron chi connectivity index (χ1n) is 9.73. The van der Waals surface area contributed by atoms with Crippen molar-refractivity contribution < 1.29 is 22.4 Å². The van der Waals surface area contributed by atoms with E-state index < -0.39 is 23.5 Å². The molecule has 0 aliphatic carbocycles. The summed E-state index contributed by atoms with van der Waals surface area (Å²) in [4.78, 5) is 12.8.